The highest BCUT2D eigenvalue weighted by Crippen LogP contribution is 2.23. The van der Waals surface area contributed by atoms with Gasteiger partial charge in [-0.2, -0.15) is 4.98 Å². The summed E-state index contributed by atoms with van der Waals surface area (Å²) >= 11 is 0. The minimum absolute atomic E-state index is 0.309. The molecule has 2 heterocycles. The first-order chi connectivity index (χ1) is 12.6. The summed E-state index contributed by atoms with van der Waals surface area (Å²) in [5.41, 5.74) is 1.28. The first-order valence-electron chi connectivity index (χ1n) is 8.67. The smallest absolute Gasteiger partial charge is 0.337 e. The van der Waals surface area contributed by atoms with Gasteiger partial charge in [-0.25, -0.2) is 4.79 Å². The largest absolute Gasteiger partial charge is 0.465 e. The van der Waals surface area contributed by atoms with E-state index in [0.717, 1.165) is 18.4 Å². The molecule has 1 aliphatic heterocycles. The van der Waals surface area contributed by atoms with Crippen LogP contribution >= 0.6 is 0 Å². The second-order valence-electron chi connectivity index (χ2n) is 6.34. The summed E-state index contributed by atoms with van der Waals surface area (Å²) in [4.78, 5) is 18.4. The fourth-order valence-electron chi connectivity index (χ4n) is 3.17. The van der Waals surface area contributed by atoms with Gasteiger partial charge in [0.15, 0.2) is 0 Å². The van der Waals surface area contributed by atoms with Gasteiger partial charge in [0.25, 0.3) is 0 Å². The van der Waals surface area contributed by atoms with Gasteiger partial charge in [-0.3, -0.25) is 4.90 Å². The molecule has 0 fully saturated rings. The van der Waals surface area contributed by atoms with Gasteiger partial charge in [0.05, 0.1) is 19.2 Å². The lowest BCUT2D eigenvalue weighted by molar-refractivity contribution is 0.0601. The summed E-state index contributed by atoms with van der Waals surface area (Å²) < 4.78 is 10.2. The van der Waals surface area contributed by atoms with E-state index >= 15 is 0 Å². The van der Waals surface area contributed by atoms with Crippen molar-refractivity contribution in [3.8, 4) is 11.4 Å². The maximum absolute atomic E-state index is 11.5. The van der Waals surface area contributed by atoms with E-state index in [1.807, 2.05) is 6.08 Å². The normalized spacial score (nSPS) is 20.1. The van der Waals surface area contributed by atoms with Crippen molar-refractivity contribution in [1.82, 2.24) is 15.0 Å². The number of carbonyl (C=O) groups is 1. The maximum Gasteiger partial charge on any atom is 0.337 e. The van der Waals surface area contributed by atoms with Crippen LogP contribution in [0.1, 0.15) is 36.0 Å². The monoisotopic (exact) mass is 353 g/mol. The molecule has 0 saturated heterocycles. The Balaban J connectivity index is 1.74. The number of benzene rings is 1. The molecule has 3 rings (SSSR count). The number of hydrogen-bond acceptors (Lipinski definition) is 6. The minimum atomic E-state index is -0.370. The van der Waals surface area contributed by atoms with Gasteiger partial charge in [0.1, 0.15) is 0 Å². The standard InChI is InChI=1S/C20H23N3O3/c1-4-6-17-8-5-7-14(2)23(17)13-18-21-19(22-26-18)15-9-11-16(12-10-15)20(24)25-3/h4-5,7,9-12,14,17H,1,6,8,13H2,2-3H3/t14-,17-/m1/s1. The number of ether oxygens (including phenoxy) is 1. The first kappa shape index (κ1) is 18.1. The third kappa shape index (κ3) is 3.91. The van der Waals surface area contributed by atoms with Gasteiger partial charge < -0.3 is 9.26 Å². The van der Waals surface area contributed by atoms with Crippen LogP contribution in [0.2, 0.25) is 0 Å². The molecule has 26 heavy (non-hydrogen) atoms. The van der Waals surface area contributed by atoms with Gasteiger partial charge in [-0.05, 0) is 31.9 Å². The van der Waals surface area contributed by atoms with E-state index in [1.54, 1.807) is 24.3 Å². The van der Waals surface area contributed by atoms with Crippen molar-refractivity contribution in [2.24, 2.45) is 0 Å². The lowest BCUT2D eigenvalue weighted by atomic mass is 10.0. The number of carbonyl (C=O) groups excluding carboxylic acids is 1. The van der Waals surface area contributed by atoms with Crippen LogP contribution in [0.15, 0.2) is 53.6 Å². The van der Waals surface area contributed by atoms with Gasteiger partial charge in [-0.15, -0.1) is 6.58 Å². The van der Waals surface area contributed by atoms with Crippen molar-refractivity contribution in [1.29, 1.82) is 0 Å². The Morgan fingerprint density at radius 2 is 2.19 bits per heavy atom. The second kappa shape index (κ2) is 8.10. The molecule has 0 amide bonds. The molecule has 0 spiro atoms. The SMILES string of the molecule is C=CC[C@@H]1CC=C[C@@H](C)N1Cc1nc(-c2ccc(C(=O)OC)cc2)no1. The molecule has 2 aromatic rings. The van der Waals surface area contributed by atoms with E-state index in [0.29, 0.717) is 35.9 Å². The van der Waals surface area contributed by atoms with Crippen molar-refractivity contribution >= 4 is 5.97 Å². The topological polar surface area (TPSA) is 68.5 Å². The molecule has 0 aliphatic carbocycles. The van der Waals surface area contributed by atoms with Crippen molar-refractivity contribution in [2.45, 2.75) is 38.4 Å². The third-order valence-electron chi connectivity index (χ3n) is 4.60. The Morgan fingerprint density at radius 3 is 2.88 bits per heavy atom. The van der Waals surface area contributed by atoms with E-state index in [2.05, 4.69) is 40.7 Å². The highest BCUT2D eigenvalue weighted by molar-refractivity contribution is 5.89. The van der Waals surface area contributed by atoms with Crippen LogP contribution < -0.4 is 0 Å². The van der Waals surface area contributed by atoms with Crippen LogP contribution in [0.5, 0.6) is 0 Å². The summed E-state index contributed by atoms with van der Waals surface area (Å²) in [6.45, 7) is 6.61. The number of methoxy groups -OCH3 is 1. The zero-order valence-electron chi connectivity index (χ0n) is 15.1. The predicted octanol–water partition coefficient (Wildman–Crippen LogP) is 3.62. The van der Waals surface area contributed by atoms with Crippen molar-refractivity contribution < 1.29 is 14.1 Å². The van der Waals surface area contributed by atoms with Crippen LogP contribution in [-0.2, 0) is 11.3 Å². The lowest BCUT2D eigenvalue weighted by Gasteiger charge is -2.36. The maximum atomic E-state index is 11.5. The average molecular weight is 353 g/mol. The van der Waals surface area contributed by atoms with Crippen LogP contribution in [0.3, 0.4) is 0 Å². The summed E-state index contributed by atoms with van der Waals surface area (Å²) in [6, 6.07) is 7.65. The lowest BCUT2D eigenvalue weighted by Crippen LogP contribution is -2.42. The zero-order chi connectivity index (χ0) is 18.5. The molecule has 1 aromatic heterocycles. The molecule has 136 valence electrons. The number of esters is 1. The van der Waals surface area contributed by atoms with Gasteiger partial charge in [0.2, 0.25) is 11.7 Å². The van der Waals surface area contributed by atoms with Crippen LogP contribution in [0.4, 0.5) is 0 Å². The Morgan fingerprint density at radius 1 is 1.42 bits per heavy atom. The number of rotatable bonds is 6. The van der Waals surface area contributed by atoms with Crippen LogP contribution in [0.25, 0.3) is 11.4 Å². The van der Waals surface area contributed by atoms with Gasteiger partial charge in [-0.1, -0.05) is 35.5 Å². The minimum Gasteiger partial charge on any atom is -0.465 e. The Labute approximate surface area is 153 Å². The molecule has 0 saturated carbocycles. The molecule has 0 N–H and O–H groups in total. The molecule has 6 heteroatoms. The molecule has 0 radical (unpaired) electrons. The Kier molecular flexibility index (Phi) is 5.63. The average Bonchev–Trinajstić information content (AvgIpc) is 3.13. The molecular weight excluding hydrogens is 330 g/mol. The van der Waals surface area contributed by atoms with Crippen molar-refractivity contribution in [3.05, 3.63) is 60.5 Å². The van der Waals surface area contributed by atoms with Crippen molar-refractivity contribution in [3.63, 3.8) is 0 Å². The van der Waals surface area contributed by atoms with E-state index in [4.69, 9.17) is 9.26 Å². The van der Waals surface area contributed by atoms with Crippen molar-refractivity contribution in [2.75, 3.05) is 7.11 Å². The molecule has 6 nitrogen and oxygen atoms in total. The van der Waals surface area contributed by atoms with E-state index in [1.165, 1.54) is 7.11 Å². The van der Waals surface area contributed by atoms with Gasteiger partial charge in [0, 0.05) is 17.6 Å². The number of nitrogens with zero attached hydrogens (tertiary/aromatic N) is 3. The summed E-state index contributed by atoms with van der Waals surface area (Å²) in [5, 5.41) is 4.08. The second-order valence-corrected chi connectivity index (χ2v) is 6.34. The summed E-state index contributed by atoms with van der Waals surface area (Å²) in [7, 11) is 1.36. The van der Waals surface area contributed by atoms with E-state index in [9.17, 15) is 4.79 Å². The molecule has 0 bridgehead atoms. The van der Waals surface area contributed by atoms with Crippen LogP contribution in [-0.4, -0.2) is 40.2 Å². The summed E-state index contributed by atoms with van der Waals surface area (Å²) in [5.74, 6) is 0.718. The van der Waals surface area contributed by atoms with E-state index in [-0.39, 0.29) is 5.97 Å². The number of hydrogen-bond donors (Lipinski definition) is 0. The molecule has 2 atom stereocenters. The highest BCUT2D eigenvalue weighted by atomic mass is 16.5. The van der Waals surface area contributed by atoms with Gasteiger partial charge >= 0.3 is 5.97 Å². The molecule has 0 unspecified atom stereocenters. The van der Waals surface area contributed by atoms with E-state index < -0.39 is 0 Å². The Bertz CT molecular complexity index is 795. The zero-order valence-corrected chi connectivity index (χ0v) is 15.1. The Hall–Kier alpha value is -2.73. The summed E-state index contributed by atoms with van der Waals surface area (Å²) in [6.07, 6.45) is 8.28. The molecule has 1 aromatic carbocycles. The molecular formula is C20H23N3O3. The third-order valence-corrected chi connectivity index (χ3v) is 4.60. The predicted molar refractivity (Wildman–Crippen MR) is 98.4 cm³/mol. The fourth-order valence-corrected chi connectivity index (χ4v) is 3.17. The fraction of sp³-hybridized carbons (Fsp3) is 0.350. The molecule has 1 aliphatic rings. The first-order valence-corrected chi connectivity index (χ1v) is 8.67. The van der Waals surface area contributed by atoms with Crippen LogP contribution in [0, 0.1) is 0 Å². The number of aromatic nitrogens is 2. The highest BCUT2D eigenvalue weighted by Gasteiger charge is 2.25. The quantitative estimate of drug-likeness (QED) is 0.584.